The van der Waals surface area contributed by atoms with Gasteiger partial charge in [0.25, 0.3) is 0 Å². The zero-order valence-corrected chi connectivity index (χ0v) is 16.2. The van der Waals surface area contributed by atoms with Crippen LogP contribution in [0.15, 0.2) is 53.1 Å². The SMILES string of the molecule is Cc1noc(-c2ccc(I)cc2)c1NC(=O)OCc1ccccc1Cl. The lowest BCUT2D eigenvalue weighted by atomic mass is 10.1. The van der Waals surface area contributed by atoms with E-state index in [0.717, 1.165) is 14.7 Å². The average molecular weight is 469 g/mol. The second kappa shape index (κ2) is 7.88. The van der Waals surface area contributed by atoms with Crippen molar-refractivity contribution in [2.24, 2.45) is 0 Å². The number of anilines is 1. The van der Waals surface area contributed by atoms with E-state index in [1.807, 2.05) is 36.4 Å². The van der Waals surface area contributed by atoms with Crippen molar-refractivity contribution in [1.82, 2.24) is 5.16 Å². The van der Waals surface area contributed by atoms with Crippen molar-refractivity contribution in [2.75, 3.05) is 5.32 Å². The Balaban J connectivity index is 1.72. The summed E-state index contributed by atoms with van der Waals surface area (Å²) in [6, 6.07) is 14.9. The number of hydrogen-bond donors (Lipinski definition) is 1. The molecule has 0 aliphatic carbocycles. The molecule has 0 saturated heterocycles. The second-order valence-corrected chi connectivity index (χ2v) is 6.92. The summed E-state index contributed by atoms with van der Waals surface area (Å²) in [7, 11) is 0. The van der Waals surface area contributed by atoms with Crippen LogP contribution in [-0.4, -0.2) is 11.2 Å². The van der Waals surface area contributed by atoms with Gasteiger partial charge in [-0.05, 0) is 47.7 Å². The lowest BCUT2D eigenvalue weighted by Gasteiger charge is -2.08. The molecule has 0 fully saturated rings. The number of aromatic nitrogens is 1. The quantitative estimate of drug-likeness (QED) is 0.502. The maximum atomic E-state index is 12.1. The van der Waals surface area contributed by atoms with Gasteiger partial charge in [0.1, 0.15) is 18.0 Å². The van der Waals surface area contributed by atoms with E-state index in [-0.39, 0.29) is 6.61 Å². The van der Waals surface area contributed by atoms with Crippen LogP contribution in [0.2, 0.25) is 5.02 Å². The van der Waals surface area contributed by atoms with Crippen molar-refractivity contribution in [3.63, 3.8) is 0 Å². The number of ether oxygens (including phenoxy) is 1. The average Bonchev–Trinajstić information content (AvgIpc) is 2.96. The van der Waals surface area contributed by atoms with Crippen molar-refractivity contribution in [1.29, 1.82) is 0 Å². The van der Waals surface area contributed by atoms with Crippen molar-refractivity contribution < 1.29 is 14.1 Å². The van der Waals surface area contributed by atoms with Gasteiger partial charge >= 0.3 is 6.09 Å². The maximum absolute atomic E-state index is 12.1. The lowest BCUT2D eigenvalue weighted by molar-refractivity contribution is 0.155. The third-order valence-electron chi connectivity index (χ3n) is 3.51. The molecular formula is C18H14ClIN2O3. The Labute approximate surface area is 163 Å². The molecule has 7 heteroatoms. The van der Waals surface area contributed by atoms with Crippen molar-refractivity contribution in [3.8, 4) is 11.3 Å². The van der Waals surface area contributed by atoms with E-state index < -0.39 is 6.09 Å². The van der Waals surface area contributed by atoms with Gasteiger partial charge in [-0.3, -0.25) is 5.32 Å². The highest BCUT2D eigenvalue weighted by atomic mass is 127. The van der Waals surface area contributed by atoms with Crippen LogP contribution in [0.4, 0.5) is 10.5 Å². The molecule has 25 heavy (non-hydrogen) atoms. The summed E-state index contributed by atoms with van der Waals surface area (Å²) in [5, 5.41) is 7.18. The smallest absolute Gasteiger partial charge is 0.412 e. The summed E-state index contributed by atoms with van der Waals surface area (Å²) in [5.41, 5.74) is 2.62. The first-order valence-electron chi connectivity index (χ1n) is 7.44. The molecule has 0 aliphatic rings. The Morgan fingerprint density at radius 2 is 1.96 bits per heavy atom. The van der Waals surface area contributed by atoms with Gasteiger partial charge in [-0.15, -0.1) is 0 Å². The molecular weight excluding hydrogens is 455 g/mol. The van der Waals surface area contributed by atoms with Crippen LogP contribution in [0.3, 0.4) is 0 Å². The van der Waals surface area contributed by atoms with Gasteiger partial charge in [-0.1, -0.05) is 47.1 Å². The van der Waals surface area contributed by atoms with E-state index >= 15 is 0 Å². The summed E-state index contributed by atoms with van der Waals surface area (Å²) < 4.78 is 11.7. The minimum atomic E-state index is -0.599. The first-order valence-corrected chi connectivity index (χ1v) is 8.89. The molecule has 0 saturated carbocycles. The third kappa shape index (κ3) is 4.32. The minimum Gasteiger partial charge on any atom is -0.444 e. The highest BCUT2D eigenvalue weighted by molar-refractivity contribution is 14.1. The number of nitrogens with zero attached hydrogens (tertiary/aromatic N) is 1. The molecule has 0 bridgehead atoms. The van der Waals surface area contributed by atoms with Crippen molar-refractivity contribution in [3.05, 3.63) is 68.4 Å². The molecule has 1 N–H and O–H groups in total. The predicted octanol–water partition coefficient (Wildman–Crippen LogP) is 5.66. The largest absolute Gasteiger partial charge is 0.444 e. The zero-order valence-electron chi connectivity index (χ0n) is 13.3. The number of benzene rings is 2. The highest BCUT2D eigenvalue weighted by Gasteiger charge is 2.18. The van der Waals surface area contributed by atoms with E-state index in [1.165, 1.54) is 0 Å². The second-order valence-electron chi connectivity index (χ2n) is 5.27. The van der Waals surface area contributed by atoms with Crippen LogP contribution in [-0.2, 0) is 11.3 Å². The van der Waals surface area contributed by atoms with Gasteiger partial charge in [0, 0.05) is 19.7 Å². The van der Waals surface area contributed by atoms with Gasteiger partial charge in [-0.25, -0.2) is 4.79 Å². The summed E-state index contributed by atoms with van der Waals surface area (Å²) in [4.78, 5) is 12.1. The number of hydrogen-bond acceptors (Lipinski definition) is 4. The molecule has 0 aliphatic heterocycles. The van der Waals surface area contributed by atoms with Gasteiger partial charge in [0.05, 0.1) is 0 Å². The van der Waals surface area contributed by atoms with Crippen LogP contribution in [0.5, 0.6) is 0 Å². The fraction of sp³-hybridized carbons (Fsp3) is 0.111. The number of halogens is 2. The molecule has 1 heterocycles. The number of amides is 1. The van der Waals surface area contributed by atoms with Crippen molar-refractivity contribution >= 4 is 46.0 Å². The normalized spacial score (nSPS) is 10.5. The van der Waals surface area contributed by atoms with E-state index in [9.17, 15) is 4.79 Å². The van der Waals surface area contributed by atoms with Crippen LogP contribution in [0, 0.1) is 10.5 Å². The monoisotopic (exact) mass is 468 g/mol. The molecule has 1 aromatic heterocycles. The first kappa shape index (κ1) is 17.8. The molecule has 5 nitrogen and oxygen atoms in total. The topological polar surface area (TPSA) is 64.4 Å². The number of nitrogens with one attached hydrogen (secondary N) is 1. The summed E-state index contributed by atoms with van der Waals surface area (Å²) >= 11 is 8.28. The molecule has 1 amide bonds. The molecule has 3 rings (SSSR count). The molecule has 2 aromatic carbocycles. The molecule has 0 unspecified atom stereocenters. The summed E-state index contributed by atoms with van der Waals surface area (Å²) in [5.74, 6) is 0.489. The molecule has 0 atom stereocenters. The first-order chi connectivity index (χ1) is 12.0. The summed E-state index contributed by atoms with van der Waals surface area (Å²) in [6.45, 7) is 1.83. The van der Waals surface area contributed by atoms with Gasteiger partial charge in [-0.2, -0.15) is 0 Å². The Bertz CT molecular complexity index is 894. The van der Waals surface area contributed by atoms with E-state index in [1.54, 1.807) is 19.1 Å². The van der Waals surface area contributed by atoms with Crippen LogP contribution < -0.4 is 5.32 Å². The minimum absolute atomic E-state index is 0.0781. The molecule has 0 radical (unpaired) electrons. The zero-order chi connectivity index (χ0) is 17.8. The van der Waals surface area contributed by atoms with Gasteiger partial charge in [0.15, 0.2) is 5.76 Å². The Morgan fingerprint density at radius 1 is 1.24 bits per heavy atom. The maximum Gasteiger partial charge on any atom is 0.412 e. The fourth-order valence-corrected chi connectivity index (χ4v) is 2.76. The van der Waals surface area contributed by atoms with Crippen molar-refractivity contribution in [2.45, 2.75) is 13.5 Å². The Morgan fingerprint density at radius 3 is 2.68 bits per heavy atom. The Hall–Kier alpha value is -2.06. The lowest BCUT2D eigenvalue weighted by Crippen LogP contribution is -2.14. The third-order valence-corrected chi connectivity index (χ3v) is 4.60. The standard InChI is InChI=1S/C18H14ClIN2O3/c1-11-16(17(25-22-11)12-6-8-14(20)9-7-12)21-18(23)24-10-13-4-2-3-5-15(13)19/h2-9H,10H2,1H3,(H,21,23). The fourth-order valence-electron chi connectivity index (χ4n) is 2.21. The predicted molar refractivity (Wildman–Crippen MR) is 105 cm³/mol. The molecule has 0 spiro atoms. The van der Waals surface area contributed by atoms with Gasteiger partial charge in [0.2, 0.25) is 0 Å². The van der Waals surface area contributed by atoms with E-state index in [0.29, 0.717) is 22.2 Å². The Kier molecular flexibility index (Phi) is 5.60. The number of carbonyl (C=O) groups excluding carboxylic acids is 1. The highest BCUT2D eigenvalue weighted by Crippen LogP contribution is 2.31. The van der Waals surface area contributed by atoms with Crippen LogP contribution in [0.25, 0.3) is 11.3 Å². The number of carbonyl (C=O) groups is 1. The van der Waals surface area contributed by atoms with Crippen LogP contribution in [0.1, 0.15) is 11.3 Å². The molecule has 128 valence electrons. The van der Waals surface area contributed by atoms with E-state index in [2.05, 4.69) is 33.1 Å². The van der Waals surface area contributed by atoms with Gasteiger partial charge < -0.3 is 9.26 Å². The number of aryl methyl sites for hydroxylation is 1. The molecule has 3 aromatic rings. The van der Waals surface area contributed by atoms with E-state index in [4.69, 9.17) is 20.9 Å². The number of rotatable bonds is 4. The summed E-state index contributed by atoms with van der Waals surface area (Å²) in [6.07, 6.45) is -0.599. The van der Waals surface area contributed by atoms with Crippen LogP contribution >= 0.6 is 34.2 Å².